The lowest BCUT2D eigenvalue weighted by atomic mass is 10.0. The number of imidazole rings is 1. The SMILES string of the molecule is C#CC(CCn1cnc2c(N)nc(F)nc21)(COC(=O)[C@H](C)NC(=O)CCCCCCCCCCCCC)OC. The van der Waals surface area contributed by atoms with E-state index in [1.807, 2.05) is 0 Å². The zero-order valence-corrected chi connectivity index (χ0v) is 24.2. The Kier molecular flexibility index (Phi) is 14.4. The molecule has 3 N–H and O–H groups in total. The number of aryl methyl sites for hydroxylation is 1. The first-order chi connectivity index (χ1) is 19.2. The molecule has 0 aliphatic heterocycles. The normalized spacial score (nSPS) is 13.5. The van der Waals surface area contributed by atoms with Crippen LogP contribution < -0.4 is 11.1 Å². The molecule has 0 spiro atoms. The molecule has 11 heteroatoms. The highest BCUT2D eigenvalue weighted by molar-refractivity contribution is 5.84. The van der Waals surface area contributed by atoms with E-state index in [4.69, 9.17) is 21.6 Å². The molecule has 2 rings (SSSR count). The lowest BCUT2D eigenvalue weighted by Crippen LogP contribution is -2.43. The smallest absolute Gasteiger partial charge is 0.328 e. The number of aromatic nitrogens is 4. The fourth-order valence-electron chi connectivity index (χ4n) is 4.44. The molecule has 10 nitrogen and oxygen atoms in total. The van der Waals surface area contributed by atoms with Crippen molar-refractivity contribution in [1.29, 1.82) is 0 Å². The zero-order chi connectivity index (χ0) is 29.4. The van der Waals surface area contributed by atoms with Gasteiger partial charge in [0.1, 0.15) is 18.2 Å². The largest absolute Gasteiger partial charge is 0.460 e. The molecule has 0 aromatic carbocycles. The van der Waals surface area contributed by atoms with E-state index >= 15 is 0 Å². The molecule has 0 fully saturated rings. The number of nitrogen functional groups attached to an aromatic ring is 1. The molecule has 2 aromatic rings. The first-order valence-corrected chi connectivity index (χ1v) is 14.4. The number of nitrogens with two attached hydrogens (primary N) is 1. The van der Waals surface area contributed by atoms with Crippen LogP contribution in [0.2, 0.25) is 0 Å². The first-order valence-electron chi connectivity index (χ1n) is 14.4. The number of unbranched alkanes of at least 4 members (excludes halogenated alkanes) is 10. The van der Waals surface area contributed by atoms with Gasteiger partial charge in [0.2, 0.25) is 5.91 Å². The van der Waals surface area contributed by atoms with Crippen LogP contribution in [0.4, 0.5) is 10.2 Å². The summed E-state index contributed by atoms with van der Waals surface area (Å²) in [6, 6.07) is -0.826. The average molecular weight is 561 g/mol. The highest BCUT2D eigenvalue weighted by Crippen LogP contribution is 2.21. The molecule has 0 radical (unpaired) electrons. The Morgan fingerprint density at radius 1 is 1.12 bits per heavy atom. The average Bonchev–Trinajstić information content (AvgIpc) is 3.35. The number of hydrogen-bond donors (Lipinski definition) is 2. The first kappa shape index (κ1) is 32.9. The number of anilines is 1. The molecule has 2 heterocycles. The number of terminal acetylenes is 1. The minimum Gasteiger partial charge on any atom is -0.460 e. The number of nitrogens with zero attached hydrogens (tertiary/aromatic N) is 4. The second-order valence-electron chi connectivity index (χ2n) is 10.3. The molecule has 1 amide bonds. The van der Waals surface area contributed by atoms with Crippen LogP contribution in [0.15, 0.2) is 6.33 Å². The molecule has 222 valence electrons. The highest BCUT2D eigenvalue weighted by Gasteiger charge is 2.31. The van der Waals surface area contributed by atoms with Crippen LogP contribution in [0.25, 0.3) is 11.2 Å². The molecule has 0 saturated carbocycles. The predicted octanol–water partition coefficient (Wildman–Crippen LogP) is 4.71. The number of amides is 1. The molecule has 0 bridgehead atoms. The van der Waals surface area contributed by atoms with Crippen molar-refractivity contribution in [2.24, 2.45) is 0 Å². The molecule has 2 aromatic heterocycles. The van der Waals surface area contributed by atoms with Gasteiger partial charge in [-0.2, -0.15) is 14.4 Å². The third-order valence-electron chi connectivity index (χ3n) is 7.06. The van der Waals surface area contributed by atoms with Crippen LogP contribution in [-0.2, 0) is 25.6 Å². The van der Waals surface area contributed by atoms with E-state index in [1.54, 1.807) is 11.5 Å². The number of methoxy groups -OCH3 is 1. The number of carbonyl (C=O) groups excluding carboxylic acids is 2. The number of ether oxygens (including phenoxy) is 2. The van der Waals surface area contributed by atoms with Crippen molar-refractivity contribution in [3.8, 4) is 12.3 Å². The highest BCUT2D eigenvalue weighted by atomic mass is 19.1. The lowest BCUT2D eigenvalue weighted by Gasteiger charge is -2.27. The van der Waals surface area contributed by atoms with Crippen LogP contribution in [0, 0.1) is 18.4 Å². The second kappa shape index (κ2) is 17.4. The fraction of sp³-hybridized carbons (Fsp3) is 0.690. The van der Waals surface area contributed by atoms with Crippen LogP contribution in [-0.4, -0.2) is 56.8 Å². The van der Waals surface area contributed by atoms with Gasteiger partial charge in [0.15, 0.2) is 17.1 Å². The number of rotatable bonds is 20. The molecule has 40 heavy (non-hydrogen) atoms. The van der Waals surface area contributed by atoms with E-state index in [9.17, 15) is 14.0 Å². The maximum absolute atomic E-state index is 13.6. The monoisotopic (exact) mass is 560 g/mol. The molecule has 0 saturated heterocycles. The number of esters is 1. The minimum absolute atomic E-state index is 0.0651. The lowest BCUT2D eigenvalue weighted by molar-refractivity contribution is -0.153. The van der Waals surface area contributed by atoms with Crippen LogP contribution in [0.3, 0.4) is 0 Å². The van der Waals surface area contributed by atoms with Gasteiger partial charge in [0.05, 0.1) is 6.33 Å². The Balaban J connectivity index is 1.70. The zero-order valence-electron chi connectivity index (χ0n) is 24.2. The Morgan fingerprint density at radius 2 is 1.75 bits per heavy atom. The summed E-state index contributed by atoms with van der Waals surface area (Å²) in [4.78, 5) is 36.2. The van der Waals surface area contributed by atoms with Gasteiger partial charge in [0, 0.05) is 26.5 Å². The fourth-order valence-corrected chi connectivity index (χ4v) is 4.44. The summed E-state index contributed by atoms with van der Waals surface area (Å²) in [6.45, 7) is 3.82. The summed E-state index contributed by atoms with van der Waals surface area (Å²) in [5.74, 6) is 1.68. The topological polar surface area (TPSA) is 134 Å². The van der Waals surface area contributed by atoms with Gasteiger partial charge >= 0.3 is 12.0 Å². The number of halogens is 1. The summed E-state index contributed by atoms with van der Waals surface area (Å²) in [5.41, 5.74) is 4.95. The van der Waals surface area contributed by atoms with Gasteiger partial charge in [-0.25, -0.2) is 9.78 Å². The van der Waals surface area contributed by atoms with Gasteiger partial charge < -0.3 is 25.1 Å². The quantitative estimate of drug-likeness (QED) is 0.103. The van der Waals surface area contributed by atoms with Crippen molar-refractivity contribution in [2.45, 2.75) is 116 Å². The summed E-state index contributed by atoms with van der Waals surface area (Å²) in [5, 5.41) is 2.69. The van der Waals surface area contributed by atoms with Gasteiger partial charge in [-0.1, -0.05) is 77.1 Å². The van der Waals surface area contributed by atoms with Crippen molar-refractivity contribution in [3.05, 3.63) is 12.4 Å². The van der Waals surface area contributed by atoms with Crippen LogP contribution in [0.5, 0.6) is 0 Å². The molecular formula is C29H45FN6O4. The minimum atomic E-state index is -1.25. The molecular weight excluding hydrogens is 515 g/mol. The van der Waals surface area contributed by atoms with Gasteiger partial charge in [0.25, 0.3) is 0 Å². The molecule has 0 aliphatic carbocycles. The Hall–Kier alpha value is -3.26. The third-order valence-corrected chi connectivity index (χ3v) is 7.06. The van der Waals surface area contributed by atoms with E-state index in [0.29, 0.717) is 6.42 Å². The number of nitrogens with one attached hydrogen (secondary N) is 1. The van der Waals surface area contributed by atoms with E-state index in [0.717, 1.165) is 19.3 Å². The Morgan fingerprint density at radius 3 is 2.35 bits per heavy atom. The van der Waals surface area contributed by atoms with Crippen molar-refractivity contribution >= 4 is 28.9 Å². The van der Waals surface area contributed by atoms with E-state index in [1.165, 1.54) is 64.8 Å². The summed E-state index contributed by atoms with van der Waals surface area (Å²) < 4.78 is 26.1. The van der Waals surface area contributed by atoms with Gasteiger partial charge in [-0.05, 0) is 13.3 Å². The molecule has 2 atom stereocenters. The van der Waals surface area contributed by atoms with E-state index < -0.39 is 23.7 Å². The standard InChI is InChI=1S/C29H45FN6O4/c1-5-7-8-9-10-11-12-13-14-15-16-17-23(37)33-22(3)27(38)40-20-29(6-2,39-4)18-19-36-21-32-24-25(31)34-28(30)35-26(24)36/h2,21-22H,5,7-20H2,1,3-4H3,(H,33,37)(H2,31,34,35)/t22-,29?/m0/s1. The maximum Gasteiger partial charge on any atom is 0.328 e. The second-order valence-corrected chi connectivity index (χ2v) is 10.3. The van der Waals surface area contributed by atoms with Gasteiger partial charge in [-0.3, -0.25) is 4.79 Å². The predicted molar refractivity (Wildman–Crippen MR) is 153 cm³/mol. The molecule has 0 aliphatic rings. The maximum atomic E-state index is 13.6. The van der Waals surface area contributed by atoms with Gasteiger partial charge in [-0.15, -0.1) is 6.42 Å². The van der Waals surface area contributed by atoms with Crippen LogP contribution in [0.1, 0.15) is 97.3 Å². The Labute approximate surface area is 237 Å². The Bertz CT molecular complexity index is 1120. The van der Waals surface area contributed by atoms with E-state index in [2.05, 4.69) is 33.1 Å². The van der Waals surface area contributed by atoms with Crippen molar-refractivity contribution in [1.82, 2.24) is 24.8 Å². The summed E-state index contributed by atoms with van der Waals surface area (Å²) in [7, 11) is 1.42. The third kappa shape index (κ3) is 10.7. The van der Waals surface area contributed by atoms with Crippen molar-refractivity contribution in [3.63, 3.8) is 0 Å². The number of fused-ring (bicyclic) bond motifs is 1. The van der Waals surface area contributed by atoms with Crippen molar-refractivity contribution in [2.75, 3.05) is 19.5 Å². The molecule has 1 unspecified atom stereocenters. The summed E-state index contributed by atoms with van der Waals surface area (Å²) in [6.07, 6.45) is 20.0. The van der Waals surface area contributed by atoms with Crippen LogP contribution >= 0.6 is 0 Å². The van der Waals surface area contributed by atoms with Crippen molar-refractivity contribution < 1.29 is 23.5 Å². The van der Waals surface area contributed by atoms with E-state index in [-0.39, 0.29) is 42.5 Å². The number of hydrogen-bond acceptors (Lipinski definition) is 8. The summed E-state index contributed by atoms with van der Waals surface area (Å²) >= 11 is 0. The number of carbonyl (C=O) groups is 2.